The fourth-order valence-electron chi connectivity index (χ4n) is 1.35. The van der Waals surface area contributed by atoms with Gasteiger partial charge in [-0.1, -0.05) is 0 Å². The molecule has 16 heavy (non-hydrogen) atoms. The van der Waals surface area contributed by atoms with Crippen molar-refractivity contribution in [2.45, 2.75) is 12.8 Å². The van der Waals surface area contributed by atoms with Crippen LogP contribution in [0, 0.1) is 0 Å². The minimum Gasteiger partial charge on any atom is -0.399 e. The number of nitrogens with two attached hydrogens (primary N) is 2. The molecule has 0 aliphatic heterocycles. The van der Waals surface area contributed by atoms with Gasteiger partial charge in [-0.2, -0.15) is 0 Å². The number of amides is 1. The number of anilines is 2. The van der Waals surface area contributed by atoms with E-state index in [1.54, 1.807) is 18.2 Å². The van der Waals surface area contributed by atoms with Crippen molar-refractivity contribution in [2.24, 2.45) is 0 Å². The Balaban J connectivity index is 2.52. The van der Waals surface area contributed by atoms with Crippen molar-refractivity contribution in [1.29, 1.82) is 0 Å². The van der Waals surface area contributed by atoms with E-state index in [1.165, 1.54) is 0 Å². The number of carbonyl (C=O) groups is 1. The lowest BCUT2D eigenvalue weighted by Crippen LogP contribution is -2.24. The quantitative estimate of drug-likeness (QED) is 0.427. The average molecular weight is 223 g/mol. The van der Waals surface area contributed by atoms with E-state index in [-0.39, 0.29) is 12.5 Å². The largest absolute Gasteiger partial charge is 0.399 e. The van der Waals surface area contributed by atoms with Crippen molar-refractivity contribution in [3.05, 3.63) is 23.8 Å². The molecule has 5 nitrogen and oxygen atoms in total. The summed E-state index contributed by atoms with van der Waals surface area (Å²) < 4.78 is 0. The van der Waals surface area contributed by atoms with Gasteiger partial charge in [0.15, 0.2) is 0 Å². The fourth-order valence-corrected chi connectivity index (χ4v) is 1.35. The molecule has 6 N–H and O–H groups in total. The summed E-state index contributed by atoms with van der Waals surface area (Å²) in [5.74, 6) is -0.197. The fraction of sp³-hybridized carbons (Fsp3) is 0.364. The van der Waals surface area contributed by atoms with Crippen LogP contribution in [0.5, 0.6) is 0 Å². The Morgan fingerprint density at radius 3 is 2.38 bits per heavy atom. The molecule has 1 aromatic carbocycles. The first-order valence-corrected chi connectivity index (χ1v) is 5.18. The molecule has 0 aromatic heterocycles. The molecule has 0 saturated heterocycles. The molecule has 0 saturated carbocycles. The lowest BCUT2D eigenvalue weighted by Gasteiger charge is -2.06. The number of rotatable bonds is 5. The second-order valence-corrected chi connectivity index (χ2v) is 3.57. The van der Waals surface area contributed by atoms with E-state index < -0.39 is 0 Å². The summed E-state index contributed by atoms with van der Waals surface area (Å²) in [6.45, 7) is 0.676. The zero-order valence-electron chi connectivity index (χ0n) is 9.07. The first kappa shape index (κ1) is 12.3. The third kappa shape index (κ3) is 3.78. The van der Waals surface area contributed by atoms with Crippen molar-refractivity contribution in [2.75, 3.05) is 24.6 Å². The molecule has 0 spiro atoms. The molecule has 0 atom stereocenters. The van der Waals surface area contributed by atoms with Crippen molar-refractivity contribution < 1.29 is 9.90 Å². The summed E-state index contributed by atoms with van der Waals surface area (Å²) in [4.78, 5) is 11.6. The van der Waals surface area contributed by atoms with Gasteiger partial charge in [-0.05, 0) is 31.0 Å². The Kier molecular flexibility index (Phi) is 4.60. The molecule has 0 bridgehead atoms. The summed E-state index contributed by atoms with van der Waals surface area (Å²) >= 11 is 0. The van der Waals surface area contributed by atoms with Crippen LogP contribution in [0.25, 0.3) is 0 Å². The van der Waals surface area contributed by atoms with Gasteiger partial charge in [-0.25, -0.2) is 0 Å². The Hall–Kier alpha value is -1.75. The van der Waals surface area contributed by atoms with Crippen LogP contribution in [-0.2, 0) is 0 Å². The number of aliphatic hydroxyl groups is 1. The van der Waals surface area contributed by atoms with E-state index in [1.807, 2.05) is 0 Å². The van der Waals surface area contributed by atoms with E-state index in [0.717, 1.165) is 6.42 Å². The normalized spacial score (nSPS) is 10.1. The zero-order chi connectivity index (χ0) is 12.0. The first-order chi connectivity index (χ1) is 7.63. The molecule has 1 rings (SSSR count). The maximum absolute atomic E-state index is 11.6. The molecule has 0 aliphatic rings. The number of carbonyl (C=O) groups excluding carboxylic acids is 1. The maximum Gasteiger partial charge on any atom is 0.251 e. The molecule has 0 heterocycles. The molecular formula is C11H17N3O2. The zero-order valence-corrected chi connectivity index (χ0v) is 9.07. The second kappa shape index (κ2) is 5.97. The number of hydrogen-bond acceptors (Lipinski definition) is 4. The Labute approximate surface area is 94.4 Å². The van der Waals surface area contributed by atoms with E-state index in [9.17, 15) is 4.79 Å². The second-order valence-electron chi connectivity index (χ2n) is 3.57. The number of aliphatic hydroxyl groups excluding tert-OH is 1. The minimum atomic E-state index is -0.197. The molecular weight excluding hydrogens is 206 g/mol. The van der Waals surface area contributed by atoms with Gasteiger partial charge in [0, 0.05) is 30.1 Å². The van der Waals surface area contributed by atoms with Gasteiger partial charge >= 0.3 is 0 Å². The van der Waals surface area contributed by atoms with Crippen LogP contribution in [0.15, 0.2) is 18.2 Å². The number of benzene rings is 1. The number of hydrogen-bond donors (Lipinski definition) is 4. The lowest BCUT2D eigenvalue weighted by molar-refractivity contribution is 0.0952. The van der Waals surface area contributed by atoms with Crippen molar-refractivity contribution >= 4 is 17.3 Å². The van der Waals surface area contributed by atoms with Gasteiger partial charge in [-0.15, -0.1) is 0 Å². The standard InChI is InChI=1S/C11H17N3O2/c12-9-5-8(6-10(13)7-9)11(16)14-3-1-2-4-15/h5-7,15H,1-4,12-13H2,(H,14,16). The molecule has 5 heteroatoms. The van der Waals surface area contributed by atoms with Gasteiger partial charge in [0.05, 0.1) is 0 Å². The van der Waals surface area contributed by atoms with Crippen LogP contribution in [-0.4, -0.2) is 24.2 Å². The molecule has 88 valence electrons. The minimum absolute atomic E-state index is 0.140. The number of unbranched alkanes of at least 4 members (excludes halogenated alkanes) is 1. The number of nitrogens with one attached hydrogen (secondary N) is 1. The van der Waals surface area contributed by atoms with Crippen LogP contribution in [0.4, 0.5) is 11.4 Å². The van der Waals surface area contributed by atoms with Gasteiger partial charge in [0.2, 0.25) is 0 Å². The Bertz CT molecular complexity index is 346. The summed E-state index contributed by atoms with van der Waals surface area (Å²) in [6, 6.07) is 4.76. The van der Waals surface area contributed by atoms with Crippen LogP contribution in [0.2, 0.25) is 0 Å². The average Bonchev–Trinajstić information content (AvgIpc) is 2.22. The number of nitrogen functional groups attached to an aromatic ring is 2. The van der Waals surface area contributed by atoms with Crippen molar-refractivity contribution in [1.82, 2.24) is 5.32 Å². The van der Waals surface area contributed by atoms with Gasteiger partial charge < -0.3 is 21.9 Å². The third-order valence-corrected chi connectivity index (χ3v) is 2.11. The highest BCUT2D eigenvalue weighted by atomic mass is 16.2. The van der Waals surface area contributed by atoms with Crippen molar-refractivity contribution in [3.63, 3.8) is 0 Å². The maximum atomic E-state index is 11.6. The summed E-state index contributed by atoms with van der Waals surface area (Å²) in [5.41, 5.74) is 12.6. The predicted octanol–water partition coefficient (Wildman–Crippen LogP) is 0.353. The van der Waals surface area contributed by atoms with E-state index in [4.69, 9.17) is 16.6 Å². The summed E-state index contributed by atoms with van der Waals surface area (Å²) in [7, 11) is 0. The Morgan fingerprint density at radius 1 is 1.19 bits per heavy atom. The van der Waals surface area contributed by atoms with E-state index in [0.29, 0.717) is 29.9 Å². The smallest absolute Gasteiger partial charge is 0.251 e. The van der Waals surface area contributed by atoms with Crippen LogP contribution < -0.4 is 16.8 Å². The first-order valence-electron chi connectivity index (χ1n) is 5.18. The van der Waals surface area contributed by atoms with E-state index >= 15 is 0 Å². The van der Waals surface area contributed by atoms with Crippen LogP contribution in [0.1, 0.15) is 23.2 Å². The topological polar surface area (TPSA) is 101 Å². The van der Waals surface area contributed by atoms with Crippen molar-refractivity contribution in [3.8, 4) is 0 Å². The van der Waals surface area contributed by atoms with Gasteiger partial charge in [-0.3, -0.25) is 4.79 Å². The highest BCUT2D eigenvalue weighted by molar-refractivity contribution is 5.96. The molecule has 1 amide bonds. The highest BCUT2D eigenvalue weighted by Gasteiger charge is 2.05. The van der Waals surface area contributed by atoms with Crippen LogP contribution >= 0.6 is 0 Å². The van der Waals surface area contributed by atoms with Crippen LogP contribution in [0.3, 0.4) is 0 Å². The highest BCUT2D eigenvalue weighted by Crippen LogP contribution is 2.13. The molecule has 0 fully saturated rings. The molecule has 1 aromatic rings. The molecule has 0 radical (unpaired) electrons. The van der Waals surface area contributed by atoms with Gasteiger partial charge in [0.1, 0.15) is 0 Å². The lowest BCUT2D eigenvalue weighted by atomic mass is 10.1. The predicted molar refractivity (Wildman–Crippen MR) is 63.9 cm³/mol. The summed E-state index contributed by atoms with van der Waals surface area (Å²) in [5, 5.41) is 11.3. The Morgan fingerprint density at radius 2 is 1.81 bits per heavy atom. The SMILES string of the molecule is Nc1cc(N)cc(C(=O)NCCCCO)c1. The summed E-state index contributed by atoms with van der Waals surface area (Å²) in [6.07, 6.45) is 1.43. The van der Waals surface area contributed by atoms with E-state index in [2.05, 4.69) is 5.32 Å². The molecule has 0 unspecified atom stereocenters. The third-order valence-electron chi connectivity index (χ3n) is 2.11. The monoisotopic (exact) mass is 223 g/mol. The van der Waals surface area contributed by atoms with Gasteiger partial charge in [0.25, 0.3) is 5.91 Å². The molecule has 0 aliphatic carbocycles.